The van der Waals surface area contributed by atoms with Crippen LogP contribution in [0.4, 0.5) is 0 Å². The first kappa shape index (κ1) is 17.4. The highest BCUT2D eigenvalue weighted by Crippen LogP contribution is 2.25. The number of benzene rings is 1. The van der Waals surface area contributed by atoms with Crippen LogP contribution in [0.1, 0.15) is 30.1 Å². The van der Waals surface area contributed by atoms with Gasteiger partial charge in [0.1, 0.15) is 0 Å². The summed E-state index contributed by atoms with van der Waals surface area (Å²) in [5.74, 6) is -0.313. The van der Waals surface area contributed by atoms with Crippen LogP contribution < -0.4 is 4.72 Å². The first-order valence-electron chi connectivity index (χ1n) is 7.11. The van der Waals surface area contributed by atoms with E-state index < -0.39 is 10.0 Å². The highest BCUT2D eigenvalue weighted by molar-refractivity contribution is 9.10. The molecule has 2 N–H and O–H groups in total. The van der Waals surface area contributed by atoms with Gasteiger partial charge in [0.15, 0.2) is 0 Å². The maximum atomic E-state index is 12.5. The number of aliphatic hydroxyl groups is 1. The summed E-state index contributed by atoms with van der Waals surface area (Å²) < 4.78 is 27.6. The van der Waals surface area contributed by atoms with Gasteiger partial charge in [0.25, 0.3) is 5.91 Å². The van der Waals surface area contributed by atoms with Crippen molar-refractivity contribution in [2.45, 2.75) is 30.7 Å². The molecule has 22 heavy (non-hydrogen) atoms. The zero-order valence-electron chi connectivity index (χ0n) is 12.3. The summed E-state index contributed by atoms with van der Waals surface area (Å²) in [7, 11) is -3.61. The molecule has 0 atom stereocenters. The summed E-state index contributed by atoms with van der Waals surface area (Å²) in [6.45, 7) is 2.30. The molecule has 0 spiro atoms. The van der Waals surface area contributed by atoms with Crippen LogP contribution in [0.25, 0.3) is 0 Å². The molecule has 0 heterocycles. The van der Waals surface area contributed by atoms with Crippen LogP contribution in [0.5, 0.6) is 0 Å². The van der Waals surface area contributed by atoms with E-state index in [9.17, 15) is 13.2 Å². The minimum atomic E-state index is -3.61. The zero-order valence-corrected chi connectivity index (χ0v) is 14.7. The van der Waals surface area contributed by atoms with Gasteiger partial charge in [0, 0.05) is 23.6 Å². The molecule has 1 saturated carbocycles. The van der Waals surface area contributed by atoms with Gasteiger partial charge in [0.2, 0.25) is 10.0 Å². The van der Waals surface area contributed by atoms with E-state index in [0.717, 1.165) is 12.8 Å². The SMILES string of the molecule is CCN(CCO)C(=O)c1cc(S(=O)(=O)NC2CC2)ccc1Br. The van der Waals surface area contributed by atoms with Crippen LogP contribution in [0.2, 0.25) is 0 Å². The van der Waals surface area contributed by atoms with Crippen molar-refractivity contribution in [1.29, 1.82) is 0 Å². The quantitative estimate of drug-likeness (QED) is 0.735. The minimum Gasteiger partial charge on any atom is -0.395 e. The summed E-state index contributed by atoms with van der Waals surface area (Å²) in [6.07, 6.45) is 1.70. The smallest absolute Gasteiger partial charge is 0.255 e. The van der Waals surface area contributed by atoms with Crippen molar-refractivity contribution >= 4 is 31.9 Å². The summed E-state index contributed by atoms with van der Waals surface area (Å²) in [4.78, 5) is 14.0. The van der Waals surface area contributed by atoms with Crippen molar-refractivity contribution in [1.82, 2.24) is 9.62 Å². The van der Waals surface area contributed by atoms with Gasteiger partial charge in [-0.3, -0.25) is 4.79 Å². The second kappa shape index (κ2) is 7.08. The fourth-order valence-electron chi connectivity index (χ4n) is 2.02. The van der Waals surface area contributed by atoms with Crippen molar-refractivity contribution in [3.05, 3.63) is 28.2 Å². The Labute approximate surface area is 138 Å². The summed E-state index contributed by atoms with van der Waals surface area (Å²) in [5.41, 5.74) is 0.272. The van der Waals surface area contributed by atoms with E-state index in [1.54, 1.807) is 13.0 Å². The molecule has 1 fully saturated rings. The third kappa shape index (κ3) is 4.07. The number of carbonyl (C=O) groups is 1. The number of sulfonamides is 1. The largest absolute Gasteiger partial charge is 0.395 e. The molecule has 0 bridgehead atoms. The number of hydrogen-bond acceptors (Lipinski definition) is 4. The molecule has 8 heteroatoms. The topological polar surface area (TPSA) is 86.7 Å². The first-order valence-corrected chi connectivity index (χ1v) is 9.38. The standard InChI is InChI=1S/C14H19BrN2O4S/c1-2-17(7-8-18)14(19)12-9-11(5-6-13(12)15)22(20,21)16-10-3-4-10/h5-6,9-10,16,18H,2-4,7-8H2,1H3. The number of nitrogens with zero attached hydrogens (tertiary/aromatic N) is 1. The van der Waals surface area contributed by atoms with E-state index in [1.807, 2.05) is 0 Å². The average molecular weight is 391 g/mol. The minimum absolute atomic E-state index is 0.00864. The molecule has 1 amide bonds. The Morgan fingerprint density at radius 2 is 2.14 bits per heavy atom. The normalized spacial score (nSPS) is 14.9. The highest BCUT2D eigenvalue weighted by atomic mass is 79.9. The number of carbonyl (C=O) groups excluding carboxylic acids is 1. The third-order valence-corrected chi connectivity index (χ3v) is 5.63. The average Bonchev–Trinajstić information content (AvgIpc) is 3.27. The second-order valence-electron chi connectivity index (χ2n) is 5.15. The van der Waals surface area contributed by atoms with E-state index in [2.05, 4.69) is 20.7 Å². The molecule has 6 nitrogen and oxygen atoms in total. The van der Waals surface area contributed by atoms with Crippen molar-refractivity contribution < 1.29 is 18.3 Å². The van der Waals surface area contributed by atoms with Gasteiger partial charge in [-0.25, -0.2) is 13.1 Å². The predicted octanol–water partition coefficient (Wildman–Crippen LogP) is 1.34. The van der Waals surface area contributed by atoms with Crippen LogP contribution in [0.15, 0.2) is 27.6 Å². The van der Waals surface area contributed by atoms with Crippen molar-refractivity contribution in [2.75, 3.05) is 19.7 Å². The Kier molecular flexibility index (Phi) is 5.60. The Bertz CT molecular complexity index is 659. The van der Waals surface area contributed by atoms with Crippen molar-refractivity contribution in [3.8, 4) is 0 Å². The molecule has 0 unspecified atom stereocenters. The molecule has 0 saturated heterocycles. The molecule has 1 aromatic carbocycles. The van der Waals surface area contributed by atoms with Gasteiger partial charge in [-0.15, -0.1) is 0 Å². The molecular weight excluding hydrogens is 372 g/mol. The lowest BCUT2D eigenvalue weighted by Gasteiger charge is -2.20. The second-order valence-corrected chi connectivity index (χ2v) is 7.71. The molecule has 1 aliphatic carbocycles. The van der Waals surface area contributed by atoms with Gasteiger partial charge in [-0.2, -0.15) is 0 Å². The van der Waals surface area contributed by atoms with E-state index in [4.69, 9.17) is 5.11 Å². The molecule has 0 aliphatic heterocycles. The maximum Gasteiger partial charge on any atom is 0.255 e. The number of aliphatic hydroxyl groups excluding tert-OH is 1. The molecule has 0 aromatic heterocycles. The van der Waals surface area contributed by atoms with Gasteiger partial charge in [-0.05, 0) is 53.9 Å². The lowest BCUT2D eigenvalue weighted by Crippen LogP contribution is -2.34. The van der Waals surface area contributed by atoms with Crippen molar-refractivity contribution in [3.63, 3.8) is 0 Å². The Hall–Kier alpha value is -0.960. The summed E-state index contributed by atoms with van der Waals surface area (Å²) >= 11 is 3.28. The number of likely N-dealkylation sites (N-methyl/N-ethyl adjacent to an activating group) is 1. The van der Waals surface area contributed by atoms with E-state index in [1.165, 1.54) is 17.0 Å². The third-order valence-electron chi connectivity index (χ3n) is 3.42. The highest BCUT2D eigenvalue weighted by Gasteiger charge is 2.29. The molecule has 2 rings (SSSR count). The number of amides is 1. The van der Waals surface area contributed by atoms with Gasteiger partial charge in [0.05, 0.1) is 17.1 Å². The Balaban J connectivity index is 2.31. The van der Waals surface area contributed by atoms with E-state index in [-0.39, 0.29) is 35.6 Å². The summed E-state index contributed by atoms with van der Waals surface area (Å²) in [6, 6.07) is 4.40. The fraction of sp³-hybridized carbons (Fsp3) is 0.500. The molecule has 1 aliphatic rings. The molecule has 1 aromatic rings. The zero-order chi connectivity index (χ0) is 16.3. The van der Waals surface area contributed by atoms with Gasteiger partial charge >= 0.3 is 0 Å². The lowest BCUT2D eigenvalue weighted by molar-refractivity contribution is 0.0731. The van der Waals surface area contributed by atoms with Gasteiger partial charge in [-0.1, -0.05) is 0 Å². The number of nitrogens with one attached hydrogen (secondary N) is 1. The number of hydrogen-bond donors (Lipinski definition) is 2. The molecule has 122 valence electrons. The Morgan fingerprint density at radius 3 is 2.68 bits per heavy atom. The Morgan fingerprint density at radius 1 is 1.45 bits per heavy atom. The van der Waals surface area contributed by atoms with Crippen LogP contribution >= 0.6 is 15.9 Å². The van der Waals surface area contributed by atoms with Crippen LogP contribution in [-0.4, -0.2) is 50.1 Å². The molecule has 0 radical (unpaired) electrons. The monoisotopic (exact) mass is 390 g/mol. The number of halogens is 1. The predicted molar refractivity (Wildman–Crippen MR) is 86.1 cm³/mol. The van der Waals surface area contributed by atoms with Crippen LogP contribution in [0.3, 0.4) is 0 Å². The maximum absolute atomic E-state index is 12.5. The molecular formula is C14H19BrN2O4S. The van der Waals surface area contributed by atoms with Gasteiger partial charge < -0.3 is 10.0 Å². The van der Waals surface area contributed by atoms with E-state index >= 15 is 0 Å². The first-order chi connectivity index (χ1) is 10.4. The van der Waals surface area contributed by atoms with Crippen molar-refractivity contribution in [2.24, 2.45) is 0 Å². The van der Waals surface area contributed by atoms with E-state index in [0.29, 0.717) is 11.0 Å². The lowest BCUT2D eigenvalue weighted by atomic mass is 10.2. The fourth-order valence-corrected chi connectivity index (χ4v) is 3.77. The van der Waals surface area contributed by atoms with Crippen LogP contribution in [-0.2, 0) is 10.0 Å². The number of rotatable bonds is 7. The van der Waals surface area contributed by atoms with Crippen LogP contribution in [0, 0.1) is 0 Å². The summed E-state index contributed by atoms with van der Waals surface area (Å²) in [5, 5.41) is 9.01.